The van der Waals surface area contributed by atoms with Crippen LogP contribution in [0.3, 0.4) is 0 Å². The SMILES string of the molecule is Cc1ccc2oc(C(N)C3CCC(C)O3)cc2c1. The predicted octanol–water partition coefficient (Wildman–Crippen LogP) is 3.31. The van der Waals surface area contributed by atoms with E-state index in [1.54, 1.807) is 0 Å². The van der Waals surface area contributed by atoms with Gasteiger partial charge in [0.05, 0.1) is 18.2 Å². The Morgan fingerprint density at radius 3 is 2.83 bits per heavy atom. The van der Waals surface area contributed by atoms with E-state index in [2.05, 4.69) is 26.0 Å². The van der Waals surface area contributed by atoms with Gasteiger partial charge < -0.3 is 14.9 Å². The molecule has 3 rings (SSSR count). The molecule has 0 radical (unpaired) electrons. The van der Waals surface area contributed by atoms with Crippen molar-refractivity contribution in [1.29, 1.82) is 0 Å². The minimum atomic E-state index is -0.164. The van der Waals surface area contributed by atoms with Crippen LogP contribution in [0.4, 0.5) is 0 Å². The third-order valence-electron chi connectivity index (χ3n) is 3.68. The van der Waals surface area contributed by atoms with Crippen molar-refractivity contribution in [2.45, 2.75) is 44.9 Å². The van der Waals surface area contributed by atoms with E-state index in [0.717, 1.165) is 29.6 Å². The summed E-state index contributed by atoms with van der Waals surface area (Å²) in [5.74, 6) is 0.828. The lowest BCUT2D eigenvalue weighted by atomic mass is 10.1. The fourth-order valence-corrected chi connectivity index (χ4v) is 2.63. The zero-order valence-corrected chi connectivity index (χ0v) is 10.8. The van der Waals surface area contributed by atoms with Crippen LogP contribution in [0.1, 0.15) is 37.1 Å². The second-order valence-corrected chi connectivity index (χ2v) is 5.28. The number of ether oxygens (including phenoxy) is 1. The molecule has 1 fully saturated rings. The second-order valence-electron chi connectivity index (χ2n) is 5.28. The molecule has 2 N–H and O–H groups in total. The van der Waals surface area contributed by atoms with Gasteiger partial charge in [-0.2, -0.15) is 0 Å². The zero-order chi connectivity index (χ0) is 12.7. The van der Waals surface area contributed by atoms with Gasteiger partial charge in [-0.15, -0.1) is 0 Å². The molecule has 1 saturated heterocycles. The van der Waals surface area contributed by atoms with Crippen molar-refractivity contribution in [3.63, 3.8) is 0 Å². The first-order valence-electron chi connectivity index (χ1n) is 6.54. The van der Waals surface area contributed by atoms with E-state index in [0.29, 0.717) is 6.10 Å². The number of hydrogen-bond acceptors (Lipinski definition) is 3. The van der Waals surface area contributed by atoms with Crippen LogP contribution in [0.25, 0.3) is 11.0 Å². The predicted molar refractivity (Wildman–Crippen MR) is 71.4 cm³/mol. The van der Waals surface area contributed by atoms with Gasteiger partial charge in [-0.1, -0.05) is 11.6 Å². The van der Waals surface area contributed by atoms with Gasteiger partial charge in [0, 0.05) is 5.39 Å². The van der Waals surface area contributed by atoms with Crippen LogP contribution in [0.15, 0.2) is 28.7 Å². The number of furan rings is 1. The molecule has 2 heterocycles. The van der Waals surface area contributed by atoms with Gasteiger partial charge in [0.15, 0.2) is 0 Å². The third-order valence-corrected chi connectivity index (χ3v) is 3.68. The number of aryl methyl sites for hydroxylation is 1. The molecule has 1 aliphatic rings. The van der Waals surface area contributed by atoms with Crippen LogP contribution in [0.2, 0.25) is 0 Å². The summed E-state index contributed by atoms with van der Waals surface area (Å²) in [6.07, 6.45) is 2.49. The summed E-state index contributed by atoms with van der Waals surface area (Å²) in [7, 11) is 0. The van der Waals surface area contributed by atoms with E-state index in [4.69, 9.17) is 14.9 Å². The largest absolute Gasteiger partial charge is 0.459 e. The zero-order valence-electron chi connectivity index (χ0n) is 10.8. The average Bonchev–Trinajstić information content (AvgIpc) is 2.93. The second kappa shape index (κ2) is 4.41. The van der Waals surface area contributed by atoms with Gasteiger partial charge in [0.25, 0.3) is 0 Å². The Hall–Kier alpha value is -1.32. The molecule has 3 atom stereocenters. The van der Waals surface area contributed by atoms with Gasteiger partial charge in [0.1, 0.15) is 11.3 Å². The molecule has 3 heteroatoms. The van der Waals surface area contributed by atoms with E-state index < -0.39 is 0 Å². The number of benzene rings is 1. The third kappa shape index (κ3) is 2.04. The van der Waals surface area contributed by atoms with Crippen LogP contribution in [-0.4, -0.2) is 12.2 Å². The van der Waals surface area contributed by atoms with E-state index in [-0.39, 0.29) is 12.1 Å². The van der Waals surface area contributed by atoms with Crippen molar-refractivity contribution >= 4 is 11.0 Å². The summed E-state index contributed by atoms with van der Waals surface area (Å²) >= 11 is 0. The summed E-state index contributed by atoms with van der Waals surface area (Å²) in [6.45, 7) is 4.17. The van der Waals surface area contributed by atoms with Gasteiger partial charge in [-0.05, 0) is 44.9 Å². The first kappa shape index (κ1) is 11.8. The van der Waals surface area contributed by atoms with Crippen LogP contribution < -0.4 is 5.73 Å². The molecule has 3 unspecified atom stereocenters. The fraction of sp³-hybridized carbons (Fsp3) is 0.467. The van der Waals surface area contributed by atoms with Gasteiger partial charge in [-0.25, -0.2) is 0 Å². The first-order chi connectivity index (χ1) is 8.63. The van der Waals surface area contributed by atoms with E-state index >= 15 is 0 Å². The molecule has 18 heavy (non-hydrogen) atoms. The van der Waals surface area contributed by atoms with E-state index in [1.165, 1.54) is 5.56 Å². The summed E-state index contributed by atoms with van der Waals surface area (Å²) in [5, 5.41) is 1.12. The number of fused-ring (bicyclic) bond motifs is 1. The first-order valence-corrected chi connectivity index (χ1v) is 6.54. The molecule has 0 bridgehead atoms. The summed E-state index contributed by atoms with van der Waals surface area (Å²) in [5.41, 5.74) is 8.38. The lowest BCUT2D eigenvalue weighted by Crippen LogP contribution is -2.25. The van der Waals surface area contributed by atoms with Crippen molar-refractivity contribution < 1.29 is 9.15 Å². The van der Waals surface area contributed by atoms with Crippen LogP contribution in [0, 0.1) is 6.92 Å². The minimum Gasteiger partial charge on any atom is -0.459 e. The van der Waals surface area contributed by atoms with Gasteiger partial charge in [-0.3, -0.25) is 0 Å². The highest BCUT2D eigenvalue weighted by Gasteiger charge is 2.30. The molecule has 1 aromatic carbocycles. The van der Waals surface area contributed by atoms with E-state index in [9.17, 15) is 0 Å². The smallest absolute Gasteiger partial charge is 0.134 e. The molecule has 2 aromatic rings. The standard InChI is InChI=1S/C15H19NO2/c1-9-3-5-12-11(7-9)8-14(18-12)15(16)13-6-4-10(2)17-13/h3,5,7-8,10,13,15H,4,6,16H2,1-2H3. The lowest BCUT2D eigenvalue weighted by molar-refractivity contribution is 0.0362. The maximum absolute atomic E-state index is 6.25. The monoisotopic (exact) mass is 245 g/mol. The Balaban J connectivity index is 1.89. The molecule has 1 aromatic heterocycles. The summed E-state index contributed by atoms with van der Waals surface area (Å²) in [6, 6.07) is 8.04. The number of rotatable bonds is 2. The Kier molecular flexibility index (Phi) is 2.88. The number of hydrogen-bond donors (Lipinski definition) is 1. The Bertz CT molecular complexity index is 561. The Morgan fingerprint density at radius 1 is 1.28 bits per heavy atom. The Labute approximate surface area is 107 Å². The van der Waals surface area contributed by atoms with Gasteiger partial charge >= 0.3 is 0 Å². The normalized spacial score (nSPS) is 25.7. The maximum atomic E-state index is 6.25. The molecule has 0 amide bonds. The molecular formula is C15H19NO2. The van der Waals surface area contributed by atoms with Crippen molar-refractivity contribution in [3.05, 3.63) is 35.6 Å². The minimum absolute atomic E-state index is 0.0849. The number of nitrogens with two attached hydrogens (primary N) is 1. The highest BCUT2D eigenvalue weighted by Crippen LogP contribution is 2.31. The molecule has 96 valence electrons. The van der Waals surface area contributed by atoms with Crippen molar-refractivity contribution in [2.75, 3.05) is 0 Å². The lowest BCUT2D eigenvalue weighted by Gasteiger charge is -2.16. The quantitative estimate of drug-likeness (QED) is 0.883. The fourth-order valence-electron chi connectivity index (χ4n) is 2.63. The highest BCUT2D eigenvalue weighted by atomic mass is 16.5. The highest BCUT2D eigenvalue weighted by molar-refractivity contribution is 5.78. The molecule has 0 aliphatic carbocycles. The average molecular weight is 245 g/mol. The molecule has 1 aliphatic heterocycles. The molecule has 3 nitrogen and oxygen atoms in total. The molecule has 0 saturated carbocycles. The summed E-state index contributed by atoms with van der Waals surface area (Å²) < 4.78 is 11.6. The summed E-state index contributed by atoms with van der Waals surface area (Å²) in [4.78, 5) is 0. The molecular weight excluding hydrogens is 226 g/mol. The van der Waals surface area contributed by atoms with Gasteiger partial charge in [0.2, 0.25) is 0 Å². The van der Waals surface area contributed by atoms with Crippen molar-refractivity contribution in [3.8, 4) is 0 Å². The molecule has 0 spiro atoms. The van der Waals surface area contributed by atoms with Crippen LogP contribution in [0.5, 0.6) is 0 Å². The van der Waals surface area contributed by atoms with Crippen molar-refractivity contribution in [1.82, 2.24) is 0 Å². The topological polar surface area (TPSA) is 48.4 Å². The Morgan fingerprint density at radius 2 is 2.11 bits per heavy atom. The van der Waals surface area contributed by atoms with Crippen LogP contribution >= 0.6 is 0 Å². The van der Waals surface area contributed by atoms with E-state index in [1.807, 2.05) is 12.1 Å². The maximum Gasteiger partial charge on any atom is 0.134 e. The van der Waals surface area contributed by atoms with Crippen molar-refractivity contribution in [2.24, 2.45) is 5.73 Å². The van der Waals surface area contributed by atoms with Crippen LogP contribution in [-0.2, 0) is 4.74 Å².